The largest absolute Gasteiger partial charge is 0.385 e. The average Bonchev–Trinajstić information content (AvgIpc) is 2.21. The van der Waals surface area contributed by atoms with Gasteiger partial charge in [-0.3, -0.25) is 0 Å². The zero-order valence-corrected chi connectivity index (χ0v) is 9.66. The molecule has 0 saturated carbocycles. The number of aryl methyl sites for hydroxylation is 1. The molecular formula is C13H17FO2. The summed E-state index contributed by atoms with van der Waals surface area (Å²) in [6.07, 6.45) is 1.07. The molecule has 2 atom stereocenters. The molecule has 2 unspecified atom stereocenters. The van der Waals surface area contributed by atoms with Gasteiger partial charge in [-0.05, 0) is 37.1 Å². The predicted molar refractivity (Wildman–Crippen MR) is 59.7 cm³/mol. The van der Waals surface area contributed by atoms with Crippen LogP contribution in [0.15, 0.2) is 18.2 Å². The van der Waals surface area contributed by atoms with Crippen molar-refractivity contribution in [3.8, 4) is 0 Å². The van der Waals surface area contributed by atoms with Gasteiger partial charge in [0.15, 0.2) is 0 Å². The van der Waals surface area contributed by atoms with Crippen molar-refractivity contribution in [3.05, 3.63) is 35.1 Å². The van der Waals surface area contributed by atoms with E-state index in [1.54, 1.807) is 6.07 Å². The minimum absolute atomic E-state index is 0.0152. The SMILES string of the molecule is Cc1ccc(F)cc1C1(O)CCOC(C)C1. The van der Waals surface area contributed by atoms with Gasteiger partial charge >= 0.3 is 0 Å². The van der Waals surface area contributed by atoms with Crippen LogP contribution in [0.5, 0.6) is 0 Å². The number of hydrogen-bond donors (Lipinski definition) is 1. The lowest BCUT2D eigenvalue weighted by Gasteiger charge is -2.36. The minimum Gasteiger partial charge on any atom is -0.385 e. The first-order valence-corrected chi connectivity index (χ1v) is 5.62. The maximum absolute atomic E-state index is 13.2. The van der Waals surface area contributed by atoms with Crippen LogP contribution in [-0.2, 0) is 10.3 Å². The van der Waals surface area contributed by atoms with Gasteiger partial charge < -0.3 is 9.84 Å². The maximum atomic E-state index is 13.2. The van der Waals surface area contributed by atoms with Crippen molar-refractivity contribution in [2.24, 2.45) is 0 Å². The van der Waals surface area contributed by atoms with Crippen molar-refractivity contribution in [1.29, 1.82) is 0 Å². The van der Waals surface area contributed by atoms with Crippen molar-refractivity contribution in [3.63, 3.8) is 0 Å². The van der Waals surface area contributed by atoms with Crippen LogP contribution in [0.1, 0.15) is 30.9 Å². The van der Waals surface area contributed by atoms with Crippen LogP contribution in [0.4, 0.5) is 4.39 Å². The summed E-state index contributed by atoms with van der Waals surface area (Å²) in [5.41, 5.74) is 0.685. The van der Waals surface area contributed by atoms with Crippen LogP contribution >= 0.6 is 0 Å². The van der Waals surface area contributed by atoms with Gasteiger partial charge in [0.1, 0.15) is 5.82 Å². The van der Waals surface area contributed by atoms with Crippen LogP contribution in [-0.4, -0.2) is 17.8 Å². The second-order valence-corrected chi connectivity index (χ2v) is 4.63. The first kappa shape index (κ1) is 11.6. The highest BCUT2D eigenvalue weighted by Gasteiger charge is 2.36. The molecule has 1 aromatic carbocycles. The van der Waals surface area contributed by atoms with Crippen LogP contribution in [0.25, 0.3) is 0 Å². The van der Waals surface area contributed by atoms with Gasteiger partial charge in [-0.2, -0.15) is 0 Å². The van der Waals surface area contributed by atoms with Gasteiger partial charge in [-0.15, -0.1) is 0 Å². The lowest BCUT2D eigenvalue weighted by atomic mass is 9.82. The van der Waals surface area contributed by atoms with E-state index < -0.39 is 5.60 Å². The summed E-state index contributed by atoms with van der Waals surface area (Å²) < 4.78 is 18.6. The molecule has 1 aromatic rings. The number of benzene rings is 1. The quantitative estimate of drug-likeness (QED) is 0.794. The van der Waals surface area contributed by atoms with Crippen molar-refractivity contribution >= 4 is 0 Å². The standard InChI is InChI=1S/C13H17FO2/c1-9-3-4-11(14)7-12(9)13(15)5-6-16-10(2)8-13/h3-4,7,10,15H,5-6,8H2,1-2H3. The van der Waals surface area contributed by atoms with Gasteiger partial charge in [-0.25, -0.2) is 4.39 Å². The number of hydrogen-bond acceptors (Lipinski definition) is 2. The Morgan fingerprint density at radius 1 is 1.50 bits per heavy atom. The van der Waals surface area contributed by atoms with Crippen LogP contribution in [0.3, 0.4) is 0 Å². The zero-order valence-electron chi connectivity index (χ0n) is 9.66. The van der Waals surface area contributed by atoms with E-state index in [4.69, 9.17) is 4.74 Å². The second kappa shape index (κ2) is 4.15. The van der Waals surface area contributed by atoms with E-state index in [0.29, 0.717) is 25.0 Å². The van der Waals surface area contributed by atoms with Crippen molar-refractivity contribution in [2.45, 2.75) is 38.4 Å². The second-order valence-electron chi connectivity index (χ2n) is 4.63. The Hall–Kier alpha value is -0.930. The first-order chi connectivity index (χ1) is 7.51. The summed E-state index contributed by atoms with van der Waals surface area (Å²) in [4.78, 5) is 0. The molecule has 0 aromatic heterocycles. The Balaban J connectivity index is 2.37. The third-order valence-corrected chi connectivity index (χ3v) is 3.24. The summed E-state index contributed by atoms with van der Waals surface area (Å²) in [6, 6.07) is 4.57. The molecule has 0 bridgehead atoms. The van der Waals surface area contributed by atoms with Crippen LogP contribution in [0.2, 0.25) is 0 Å². The average molecular weight is 224 g/mol. The van der Waals surface area contributed by atoms with Gasteiger partial charge in [0, 0.05) is 12.8 Å². The van der Waals surface area contributed by atoms with Crippen molar-refractivity contribution in [2.75, 3.05) is 6.61 Å². The van der Waals surface area contributed by atoms with E-state index in [-0.39, 0.29) is 11.9 Å². The summed E-state index contributed by atoms with van der Waals surface area (Å²) in [5.74, 6) is -0.298. The molecule has 2 nitrogen and oxygen atoms in total. The molecule has 0 spiro atoms. The van der Waals surface area contributed by atoms with E-state index in [1.165, 1.54) is 12.1 Å². The van der Waals surface area contributed by atoms with E-state index in [2.05, 4.69) is 0 Å². The van der Waals surface area contributed by atoms with Crippen LogP contribution in [0, 0.1) is 12.7 Å². The molecule has 1 aliphatic rings. The predicted octanol–water partition coefficient (Wildman–Crippen LogP) is 2.52. The summed E-state index contributed by atoms with van der Waals surface area (Å²) in [6.45, 7) is 4.35. The molecule has 1 fully saturated rings. The van der Waals surface area contributed by atoms with E-state index in [0.717, 1.165) is 5.56 Å². The van der Waals surface area contributed by atoms with E-state index >= 15 is 0 Å². The van der Waals surface area contributed by atoms with Gasteiger partial charge in [0.25, 0.3) is 0 Å². The monoisotopic (exact) mass is 224 g/mol. The third kappa shape index (κ3) is 2.11. The fourth-order valence-corrected chi connectivity index (χ4v) is 2.41. The lowest BCUT2D eigenvalue weighted by Crippen LogP contribution is -2.38. The third-order valence-electron chi connectivity index (χ3n) is 3.24. The molecule has 0 radical (unpaired) electrons. The topological polar surface area (TPSA) is 29.5 Å². The molecule has 1 heterocycles. The fraction of sp³-hybridized carbons (Fsp3) is 0.538. The zero-order chi connectivity index (χ0) is 11.8. The van der Waals surface area contributed by atoms with Crippen LogP contribution < -0.4 is 0 Å². The van der Waals surface area contributed by atoms with Gasteiger partial charge in [0.05, 0.1) is 18.3 Å². The highest BCUT2D eigenvalue weighted by atomic mass is 19.1. The molecule has 0 amide bonds. The Bertz CT molecular complexity index is 392. The summed E-state index contributed by atoms with van der Waals surface area (Å²) in [5, 5.41) is 10.6. The molecule has 1 saturated heterocycles. The highest BCUT2D eigenvalue weighted by Crippen LogP contribution is 2.36. The molecule has 1 N–H and O–H groups in total. The normalized spacial score (nSPS) is 30.4. The Kier molecular flexibility index (Phi) is 3.00. The molecule has 3 heteroatoms. The maximum Gasteiger partial charge on any atom is 0.123 e. The smallest absolute Gasteiger partial charge is 0.123 e. The Labute approximate surface area is 95.1 Å². The summed E-state index contributed by atoms with van der Waals surface area (Å²) >= 11 is 0. The number of rotatable bonds is 1. The Morgan fingerprint density at radius 3 is 2.94 bits per heavy atom. The molecule has 2 rings (SSSR count). The van der Waals surface area contributed by atoms with Crippen molar-refractivity contribution < 1.29 is 14.2 Å². The lowest BCUT2D eigenvalue weighted by molar-refractivity contribution is -0.102. The first-order valence-electron chi connectivity index (χ1n) is 5.62. The molecule has 88 valence electrons. The van der Waals surface area contributed by atoms with Gasteiger partial charge in [0.2, 0.25) is 0 Å². The molecule has 0 aliphatic carbocycles. The van der Waals surface area contributed by atoms with E-state index in [9.17, 15) is 9.50 Å². The highest BCUT2D eigenvalue weighted by molar-refractivity contribution is 5.32. The number of halogens is 1. The Morgan fingerprint density at radius 2 is 2.25 bits per heavy atom. The van der Waals surface area contributed by atoms with Gasteiger partial charge in [-0.1, -0.05) is 6.07 Å². The summed E-state index contributed by atoms with van der Waals surface area (Å²) in [7, 11) is 0. The molecule has 1 aliphatic heterocycles. The van der Waals surface area contributed by atoms with Crippen molar-refractivity contribution in [1.82, 2.24) is 0 Å². The number of ether oxygens (including phenoxy) is 1. The molecule has 16 heavy (non-hydrogen) atoms. The van der Waals surface area contributed by atoms with E-state index in [1.807, 2.05) is 13.8 Å². The minimum atomic E-state index is -0.941. The molecular weight excluding hydrogens is 207 g/mol. The number of aliphatic hydroxyl groups is 1. The fourth-order valence-electron chi connectivity index (χ4n) is 2.41.